The van der Waals surface area contributed by atoms with Crippen molar-refractivity contribution in [3.8, 4) is 5.75 Å². The van der Waals surface area contributed by atoms with Crippen LogP contribution >= 0.6 is 7.60 Å². The average molecular weight is 368 g/mol. The van der Waals surface area contributed by atoms with E-state index in [0.717, 1.165) is 7.11 Å². The molecule has 1 fully saturated rings. The van der Waals surface area contributed by atoms with E-state index in [1.54, 1.807) is 12.1 Å². The Balaban J connectivity index is 1.81. The molecule has 0 amide bonds. The number of aliphatic hydroxyl groups excluding tert-OH is 2. The van der Waals surface area contributed by atoms with Gasteiger partial charge >= 0.3 is 7.60 Å². The average Bonchev–Trinajstić information content (AvgIpc) is 3.41. The Kier molecular flexibility index (Phi) is 4.90. The summed E-state index contributed by atoms with van der Waals surface area (Å²) in [6.07, 6.45) is -2.03. The van der Waals surface area contributed by atoms with Crippen molar-refractivity contribution in [1.82, 2.24) is 0 Å². The van der Waals surface area contributed by atoms with Gasteiger partial charge < -0.3 is 24.0 Å². The molecule has 0 saturated carbocycles. The first kappa shape index (κ1) is 18.0. The molecule has 1 aliphatic heterocycles. The number of benzene rings is 1. The first-order valence-corrected chi connectivity index (χ1v) is 9.26. The number of carbonyl (C=O) groups excluding carboxylic acids is 2. The fourth-order valence-corrected chi connectivity index (χ4v) is 3.35. The largest absolute Gasteiger partial charge is 0.422 e. The van der Waals surface area contributed by atoms with Gasteiger partial charge in [-0.1, -0.05) is 12.1 Å². The van der Waals surface area contributed by atoms with Crippen LogP contribution in [0.5, 0.6) is 5.75 Å². The zero-order chi connectivity index (χ0) is 18.2. The second-order valence-electron chi connectivity index (χ2n) is 5.71. The smallest absolute Gasteiger partial charge is 0.404 e. The summed E-state index contributed by atoms with van der Waals surface area (Å²) in [7, 11) is -2.65. The molecule has 1 aromatic rings. The maximum absolute atomic E-state index is 12.6. The zero-order valence-corrected chi connectivity index (χ0v) is 14.2. The number of fused-ring (bicyclic) bond motifs is 1. The standard InChI is InChI=1S/C16H17O8P/c1-22-25(21,8-17)24-13-5-3-2-4-10(13)11(18)6-9-7-12(19)15-16(23-15)14(9)20/h2-5,7,14-17,20H,6,8H2,1H3. The normalized spacial score (nSPS) is 27.1. The quantitative estimate of drug-likeness (QED) is 0.416. The predicted octanol–water partition coefficient (Wildman–Crippen LogP) is 1.06. The van der Waals surface area contributed by atoms with E-state index in [1.165, 1.54) is 18.2 Å². The van der Waals surface area contributed by atoms with Gasteiger partial charge in [0.15, 0.2) is 17.9 Å². The van der Waals surface area contributed by atoms with Gasteiger partial charge in [-0.25, -0.2) is 4.57 Å². The van der Waals surface area contributed by atoms with Crippen LogP contribution in [0.2, 0.25) is 0 Å². The summed E-state index contributed by atoms with van der Waals surface area (Å²) in [6, 6.07) is 6.05. The third kappa shape index (κ3) is 3.58. The molecular weight excluding hydrogens is 351 g/mol. The maximum atomic E-state index is 12.6. The summed E-state index contributed by atoms with van der Waals surface area (Å²) < 4.78 is 27.1. The third-order valence-corrected chi connectivity index (χ3v) is 5.44. The topological polar surface area (TPSA) is 123 Å². The van der Waals surface area contributed by atoms with E-state index in [-0.39, 0.29) is 29.1 Å². The van der Waals surface area contributed by atoms with Gasteiger partial charge in [0.05, 0.1) is 5.56 Å². The molecule has 2 aliphatic rings. The van der Waals surface area contributed by atoms with Crippen molar-refractivity contribution >= 4 is 19.2 Å². The highest BCUT2D eigenvalue weighted by Gasteiger charge is 2.52. The van der Waals surface area contributed by atoms with Gasteiger partial charge in [0.2, 0.25) is 0 Å². The van der Waals surface area contributed by atoms with E-state index >= 15 is 0 Å². The lowest BCUT2D eigenvalue weighted by Gasteiger charge is -2.18. The van der Waals surface area contributed by atoms with Crippen molar-refractivity contribution in [3.63, 3.8) is 0 Å². The van der Waals surface area contributed by atoms with Crippen LogP contribution in [-0.2, 0) is 18.6 Å². The van der Waals surface area contributed by atoms with Crippen LogP contribution in [0.4, 0.5) is 0 Å². The number of carbonyl (C=O) groups is 2. The van der Waals surface area contributed by atoms with E-state index in [4.69, 9.17) is 14.4 Å². The van der Waals surface area contributed by atoms with Crippen molar-refractivity contribution < 1.29 is 38.2 Å². The van der Waals surface area contributed by atoms with Crippen LogP contribution in [0.15, 0.2) is 35.9 Å². The predicted molar refractivity (Wildman–Crippen MR) is 85.5 cm³/mol. The molecule has 4 atom stereocenters. The molecule has 1 saturated heterocycles. The lowest BCUT2D eigenvalue weighted by atomic mass is 9.90. The van der Waals surface area contributed by atoms with E-state index in [9.17, 15) is 19.3 Å². The Morgan fingerprint density at radius 1 is 1.36 bits per heavy atom. The SMILES string of the molecule is COP(=O)(CO)Oc1ccccc1C(=O)CC1=CC(=O)C2OC2C1O. The molecule has 134 valence electrons. The van der Waals surface area contributed by atoms with Gasteiger partial charge in [-0.05, 0) is 23.8 Å². The molecule has 0 bridgehead atoms. The van der Waals surface area contributed by atoms with Crippen molar-refractivity contribution in [2.75, 3.05) is 13.5 Å². The fourth-order valence-electron chi connectivity index (χ4n) is 2.64. The highest BCUT2D eigenvalue weighted by Crippen LogP contribution is 2.47. The molecule has 9 heteroatoms. The molecule has 25 heavy (non-hydrogen) atoms. The van der Waals surface area contributed by atoms with Crippen LogP contribution in [-0.4, -0.2) is 53.5 Å². The van der Waals surface area contributed by atoms with E-state index in [0.29, 0.717) is 0 Å². The maximum Gasteiger partial charge on any atom is 0.404 e. The number of rotatable bonds is 7. The second-order valence-corrected chi connectivity index (χ2v) is 7.76. The van der Waals surface area contributed by atoms with Crippen LogP contribution in [0.25, 0.3) is 0 Å². The van der Waals surface area contributed by atoms with Crippen molar-refractivity contribution in [1.29, 1.82) is 0 Å². The lowest BCUT2D eigenvalue weighted by Crippen LogP contribution is -2.29. The second kappa shape index (κ2) is 6.82. The molecule has 0 spiro atoms. The monoisotopic (exact) mass is 368 g/mol. The molecule has 0 radical (unpaired) electrons. The summed E-state index contributed by atoms with van der Waals surface area (Å²) in [4.78, 5) is 24.3. The molecule has 1 aliphatic carbocycles. The molecule has 1 heterocycles. The van der Waals surface area contributed by atoms with Gasteiger partial charge in [0.1, 0.15) is 24.1 Å². The number of Topliss-reactive ketones (excluding diaryl/α,β-unsaturated/α-hetero) is 1. The Morgan fingerprint density at radius 2 is 2.08 bits per heavy atom. The van der Waals surface area contributed by atoms with Crippen LogP contribution in [0.3, 0.4) is 0 Å². The minimum absolute atomic E-state index is 0.00972. The van der Waals surface area contributed by atoms with Gasteiger partial charge in [-0.15, -0.1) is 0 Å². The zero-order valence-electron chi connectivity index (χ0n) is 13.3. The van der Waals surface area contributed by atoms with Gasteiger partial charge in [-0.2, -0.15) is 0 Å². The van der Waals surface area contributed by atoms with Gasteiger partial charge in [-0.3, -0.25) is 9.59 Å². The van der Waals surface area contributed by atoms with Crippen molar-refractivity contribution in [2.45, 2.75) is 24.7 Å². The molecule has 8 nitrogen and oxygen atoms in total. The Hall–Kier alpha value is -1.83. The molecular formula is C16H17O8P. The number of hydrogen-bond donors (Lipinski definition) is 2. The fraction of sp³-hybridized carbons (Fsp3) is 0.375. The van der Waals surface area contributed by atoms with Crippen LogP contribution in [0, 0.1) is 0 Å². The first-order chi connectivity index (χ1) is 11.9. The summed E-state index contributed by atoms with van der Waals surface area (Å²) in [5.74, 6) is -0.718. The van der Waals surface area contributed by atoms with E-state index < -0.39 is 38.0 Å². The van der Waals surface area contributed by atoms with Crippen molar-refractivity contribution in [3.05, 3.63) is 41.5 Å². The van der Waals surface area contributed by atoms with E-state index in [2.05, 4.69) is 4.52 Å². The summed E-state index contributed by atoms with van der Waals surface area (Å²) in [5, 5.41) is 19.2. The first-order valence-electron chi connectivity index (χ1n) is 7.54. The minimum atomic E-state index is -3.77. The Bertz CT molecular complexity index is 778. The summed E-state index contributed by atoms with van der Waals surface area (Å²) >= 11 is 0. The van der Waals surface area contributed by atoms with Gasteiger partial charge in [0.25, 0.3) is 0 Å². The highest BCUT2D eigenvalue weighted by molar-refractivity contribution is 7.54. The summed E-state index contributed by atoms with van der Waals surface area (Å²) in [6.45, 7) is 0. The molecule has 1 aromatic carbocycles. The summed E-state index contributed by atoms with van der Waals surface area (Å²) in [5.41, 5.74) is 0.369. The van der Waals surface area contributed by atoms with Crippen molar-refractivity contribution in [2.24, 2.45) is 0 Å². The number of ether oxygens (including phenoxy) is 1. The minimum Gasteiger partial charge on any atom is -0.422 e. The van der Waals surface area contributed by atoms with Crippen LogP contribution < -0.4 is 4.52 Å². The highest BCUT2D eigenvalue weighted by atomic mass is 31.2. The molecule has 3 rings (SSSR count). The lowest BCUT2D eigenvalue weighted by molar-refractivity contribution is -0.116. The number of ketones is 2. The number of hydrogen-bond acceptors (Lipinski definition) is 8. The van der Waals surface area contributed by atoms with Gasteiger partial charge in [0, 0.05) is 13.5 Å². The third-order valence-electron chi connectivity index (χ3n) is 4.07. The Morgan fingerprint density at radius 3 is 2.76 bits per heavy atom. The van der Waals surface area contributed by atoms with Crippen LogP contribution in [0.1, 0.15) is 16.8 Å². The molecule has 2 N–H and O–H groups in total. The number of para-hydroxylation sites is 1. The molecule has 0 aromatic heterocycles. The number of aliphatic hydroxyl groups is 2. The Labute approximate surface area is 143 Å². The van der Waals surface area contributed by atoms with E-state index in [1.807, 2.05) is 0 Å². The molecule has 4 unspecified atom stereocenters. The number of epoxide rings is 1.